The van der Waals surface area contributed by atoms with Gasteiger partial charge in [-0.2, -0.15) is 5.26 Å². The standard InChI is InChI=1S/C11H16N2.C7H7Cl/c1-9(2)13-6-4-5-11(8-13)10(3)7-12;1-6-2-4-7(8)5-3-6/h11H,1,3-6,8H2,2H3;2-5H,1H3. The van der Waals surface area contributed by atoms with Crippen molar-refractivity contribution in [1.82, 2.24) is 4.90 Å². The molecule has 0 amide bonds. The van der Waals surface area contributed by atoms with Crippen molar-refractivity contribution in [3.63, 3.8) is 0 Å². The Labute approximate surface area is 133 Å². The van der Waals surface area contributed by atoms with Crippen molar-refractivity contribution in [3.05, 3.63) is 59.3 Å². The van der Waals surface area contributed by atoms with Crippen LogP contribution in [0.1, 0.15) is 25.3 Å². The summed E-state index contributed by atoms with van der Waals surface area (Å²) in [6, 6.07) is 9.89. The average molecular weight is 303 g/mol. The van der Waals surface area contributed by atoms with Crippen molar-refractivity contribution < 1.29 is 0 Å². The van der Waals surface area contributed by atoms with Gasteiger partial charge in [-0.25, -0.2) is 0 Å². The molecule has 1 aromatic carbocycles. The second-order valence-electron chi connectivity index (χ2n) is 5.45. The Morgan fingerprint density at radius 2 is 1.95 bits per heavy atom. The van der Waals surface area contributed by atoms with E-state index in [9.17, 15) is 0 Å². The Bertz CT molecular complexity index is 504. The molecule has 3 heteroatoms. The molecule has 0 bridgehead atoms. The zero-order valence-corrected chi connectivity index (χ0v) is 13.7. The summed E-state index contributed by atoms with van der Waals surface area (Å²) in [6.07, 6.45) is 2.23. The Balaban J connectivity index is 0.000000235. The molecule has 0 aliphatic carbocycles. The molecule has 0 aromatic heterocycles. The molecule has 1 saturated heterocycles. The molecule has 1 aliphatic heterocycles. The highest BCUT2D eigenvalue weighted by molar-refractivity contribution is 6.30. The van der Waals surface area contributed by atoms with Crippen LogP contribution in [0.3, 0.4) is 0 Å². The third kappa shape index (κ3) is 6.06. The van der Waals surface area contributed by atoms with E-state index in [1.165, 1.54) is 5.56 Å². The van der Waals surface area contributed by atoms with Gasteiger partial charge in [0.05, 0.1) is 6.07 Å². The summed E-state index contributed by atoms with van der Waals surface area (Å²) >= 11 is 5.61. The Morgan fingerprint density at radius 1 is 1.33 bits per heavy atom. The highest BCUT2D eigenvalue weighted by Crippen LogP contribution is 2.23. The Morgan fingerprint density at radius 3 is 2.43 bits per heavy atom. The molecule has 1 atom stereocenters. The van der Waals surface area contributed by atoms with E-state index >= 15 is 0 Å². The SMILES string of the molecule is C=C(C#N)C1CCCN(C(=C)C)C1.Cc1ccc(Cl)cc1. The van der Waals surface area contributed by atoms with Crippen molar-refractivity contribution in [1.29, 1.82) is 5.26 Å². The van der Waals surface area contributed by atoms with Crippen LogP contribution in [0, 0.1) is 24.2 Å². The van der Waals surface area contributed by atoms with Gasteiger partial charge < -0.3 is 4.90 Å². The van der Waals surface area contributed by atoms with Gasteiger partial charge in [0.15, 0.2) is 0 Å². The van der Waals surface area contributed by atoms with Gasteiger partial charge in [-0.3, -0.25) is 0 Å². The normalized spacial score (nSPS) is 17.2. The zero-order chi connectivity index (χ0) is 15.8. The smallest absolute Gasteiger partial charge is 0.0944 e. The van der Waals surface area contributed by atoms with E-state index in [2.05, 4.69) is 24.1 Å². The van der Waals surface area contributed by atoms with Gasteiger partial charge in [0.2, 0.25) is 0 Å². The summed E-state index contributed by atoms with van der Waals surface area (Å²) in [5.74, 6) is 0.343. The molecule has 21 heavy (non-hydrogen) atoms. The summed E-state index contributed by atoms with van der Waals surface area (Å²) in [6.45, 7) is 13.7. The van der Waals surface area contributed by atoms with Crippen LogP contribution in [-0.4, -0.2) is 18.0 Å². The Hall–Kier alpha value is -1.72. The highest BCUT2D eigenvalue weighted by Gasteiger charge is 2.21. The molecule has 2 nitrogen and oxygen atoms in total. The van der Waals surface area contributed by atoms with Crippen LogP contribution in [0.15, 0.2) is 48.7 Å². The van der Waals surface area contributed by atoms with Gasteiger partial charge in [-0.1, -0.05) is 42.5 Å². The molecule has 112 valence electrons. The fourth-order valence-electron chi connectivity index (χ4n) is 2.23. The largest absolute Gasteiger partial charge is 0.375 e. The fraction of sp³-hybridized carbons (Fsp3) is 0.389. The van der Waals surface area contributed by atoms with Gasteiger partial charge in [-0.15, -0.1) is 0 Å². The summed E-state index contributed by atoms with van der Waals surface area (Å²) in [4.78, 5) is 2.23. The minimum absolute atomic E-state index is 0.343. The van der Waals surface area contributed by atoms with E-state index in [-0.39, 0.29) is 0 Å². The molecule has 2 rings (SSSR count). The monoisotopic (exact) mass is 302 g/mol. The van der Waals surface area contributed by atoms with Crippen molar-refractivity contribution in [2.75, 3.05) is 13.1 Å². The van der Waals surface area contributed by atoms with Crippen molar-refractivity contribution in [3.8, 4) is 6.07 Å². The number of piperidine rings is 1. The van der Waals surface area contributed by atoms with Gasteiger partial charge >= 0.3 is 0 Å². The molecular weight excluding hydrogens is 280 g/mol. The second-order valence-corrected chi connectivity index (χ2v) is 5.89. The average Bonchev–Trinajstić information content (AvgIpc) is 2.50. The molecule has 0 N–H and O–H groups in total. The number of likely N-dealkylation sites (tertiary alicyclic amines) is 1. The maximum absolute atomic E-state index is 8.72. The third-order valence-corrected chi connectivity index (χ3v) is 3.86. The predicted molar refractivity (Wildman–Crippen MR) is 90.1 cm³/mol. The van der Waals surface area contributed by atoms with E-state index in [0.717, 1.165) is 36.7 Å². The molecule has 1 aliphatic rings. The topological polar surface area (TPSA) is 27.0 Å². The van der Waals surface area contributed by atoms with Crippen LogP contribution in [0.5, 0.6) is 0 Å². The van der Waals surface area contributed by atoms with E-state index < -0.39 is 0 Å². The summed E-state index contributed by atoms with van der Waals surface area (Å²) in [5, 5.41) is 9.52. The summed E-state index contributed by atoms with van der Waals surface area (Å²) in [5.41, 5.74) is 3.05. The number of benzene rings is 1. The summed E-state index contributed by atoms with van der Waals surface area (Å²) in [7, 11) is 0. The van der Waals surface area contributed by atoms with Crippen LogP contribution in [0.4, 0.5) is 0 Å². The summed E-state index contributed by atoms with van der Waals surface area (Å²) < 4.78 is 0. The minimum atomic E-state index is 0.343. The maximum atomic E-state index is 8.72. The molecule has 1 aromatic rings. The van der Waals surface area contributed by atoms with Gasteiger partial charge in [0.25, 0.3) is 0 Å². The fourth-order valence-corrected chi connectivity index (χ4v) is 2.36. The third-order valence-electron chi connectivity index (χ3n) is 3.61. The van der Waals surface area contributed by atoms with Crippen LogP contribution in [0.2, 0.25) is 5.02 Å². The first kappa shape index (κ1) is 17.3. The first-order chi connectivity index (χ1) is 9.93. The molecule has 0 radical (unpaired) electrons. The molecule has 1 unspecified atom stereocenters. The highest BCUT2D eigenvalue weighted by atomic mass is 35.5. The molecule has 0 saturated carbocycles. The molecule has 1 fully saturated rings. The van der Waals surface area contributed by atoms with Crippen molar-refractivity contribution >= 4 is 11.6 Å². The minimum Gasteiger partial charge on any atom is -0.375 e. The lowest BCUT2D eigenvalue weighted by Gasteiger charge is -2.34. The first-order valence-corrected chi connectivity index (χ1v) is 7.53. The first-order valence-electron chi connectivity index (χ1n) is 7.15. The van der Waals surface area contributed by atoms with Crippen LogP contribution in [-0.2, 0) is 0 Å². The second kappa shape index (κ2) is 8.54. The van der Waals surface area contributed by atoms with Crippen molar-refractivity contribution in [2.45, 2.75) is 26.7 Å². The number of halogens is 1. The maximum Gasteiger partial charge on any atom is 0.0944 e. The molecule has 0 spiro atoms. The number of nitrogens with zero attached hydrogens (tertiary/aromatic N) is 2. The number of hydrogen-bond donors (Lipinski definition) is 0. The number of aryl methyl sites for hydroxylation is 1. The molecule has 1 heterocycles. The Kier molecular flexibility index (Phi) is 7.05. The van der Waals surface area contributed by atoms with Crippen LogP contribution >= 0.6 is 11.6 Å². The predicted octanol–water partition coefficient (Wildman–Crippen LogP) is 4.96. The lowest BCUT2D eigenvalue weighted by molar-refractivity contribution is 0.242. The number of rotatable bonds is 2. The van der Waals surface area contributed by atoms with Crippen LogP contribution in [0.25, 0.3) is 0 Å². The number of nitriles is 1. The quantitative estimate of drug-likeness (QED) is 0.722. The van der Waals surface area contributed by atoms with E-state index in [1.807, 2.05) is 38.1 Å². The van der Waals surface area contributed by atoms with Gasteiger partial charge in [-0.05, 0) is 38.8 Å². The van der Waals surface area contributed by atoms with Gasteiger partial charge in [0, 0.05) is 35.3 Å². The van der Waals surface area contributed by atoms with E-state index in [1.54, 1.807) is 0 Å². The molecular formula is C18H23ClN2. The van der Waals surface area contributed by atoms with E-state index in [0.29, 0.717) is 11.5 Å². The zero-order valence-electron chi connectivity index (χ0n) is 12.9. The van der Waals surface area contributed by atoms with Crippen LogP contribution < -0.4 is 0 Å². The number of allylic oxidation sites excluding steroid dienone is 1. The van der Waals surface area contributed by atoms with Gasteiger partial charge in [0.1, 0.15) is 0 Å². The lowest BCUT2D eigenvalue weighted by atomic mass is 9.92. The lowest BCUT2D eigenvalue weighted by Crippen LogP contribution is -2.34. The van der Waals surface area contributed by atoms with E-state index in [4.69, 9.17) is 16.9 Å². The van der Waals surface area contributed by atoms with Crippen molar-refractivity contribution in [2.24, 2.45) is 5.92 Å². The number of hydrogen-bond acceptors (Lipinski definition) is 2.